The zero-order chi connectivity index (χ0) is 16.7. The maximum absolute atomic E-state index is 15.1. The molecular formula is C13H20F3N3O2S. The predicted molar refractivity (Wildman–Crippen MR) is 75.1 cm³/mol. The van der Waals surface area contributed by atoms with Gasteiger partial charge in [0.05, 0.1) is 0 Å². The Bertz CT molecular complexity index is 635. The molecule has 1 atom stereocenters. The minimum atomic E-state index is -4.56. The standard InChI is InChI=1S/C13H20F3N3O2S/c1-13(16,9-4-6-18(2)7-5-9)22(20,21)10-8-19(3)17-11(10)12(14)15/h8-9,12H,4-7H2,1-3H3/t13-/m0/s1. The summed E-state index contributed by atoms with van der Waals surface area (Å²) in [6.07, 6.45) is -1.39. The topological polar surface area (TPSA) is 55.2 Å². The molecule has 126 valence electrons. The van der Waals surface area contributed by atoms with Gasteiger partial charge in [0, 0.05) is 19.2 Å². The fourth-order valence-corrected chi connectivity index (χ4v) is 4.60. The quantitative estimate of drug-likeness (QED) is 0.843. The van der Waals surface area contributed by atoms with Crippen LogP contribution in [0.4, 0.5) is 13.2 Å². The number of aromatic nitrogens is 2. The van der Waals surface area contributed by atoms with E-state index in [0.717, 1.165) is 17.8 Å². The number of halogens is 3. The summed E-state index contributed by atoms with van der Waals surface area (Å²) in [7, 11) is -1.36. The number of alkyl halides is 3. The molecule has 1 aliphatic rings. The smallest absolute Gasteiger partial charge is 0.283 e. The van der Waals surface area contributed by atoms with E-state index in [1.807, 2.05) is 11.9 Å². The Kier molecular flexibility index (Phi) is 4.59. The second-order valence-electron chi connectivity index (χ2n) is 5.92. The number of nitrogens with zero attached hydrogens (tertiary/aromatic N) is 3. The molecule has 0 N–H and O–H groups in total. The highest BCUT2D eigenvalue weighted by atomic mass is 32.2. The number of rotatable bonds is 4. The van der Waals surface area contributed by atoms with Crippen molar-refractivity contribution in [3.05, 3.63) is 11.9 Å². The van der Waals surface area contributed by atoms with Gasteiger partial charge in [-0.3, -0.25) is 4.68 Å². The van der Waals surface area contributed by atoms with Crippen molar-refractivity contribution in [2.45, 2.75) is 36.1 Å². The molecular weight excluding hydrogens is 319 g/mol. The van der Waals surface area contributed by atoms with E-state index >= 15 is 4.39 Å². The Balaban J connectivity index is 2.41. The van der Waals surface area contributed by atoms with Gasteiger partial charge in [0.2, 0.25) is 14.8 Å². The average Bonchev–Trinajstić information content (AvgIpc) is 2.82. The largest absolute Gasteiger partial charge is 0.306 e. The van der Waals surface area contributed by atoms with Gasteiger partial charge in [0.15, 0.2) is 0 Å². The first-order chi connectivity index (χ1) is 10.1. The Morgan fingerprint density at radius 1 is 1.32 bits per heavy atom. The van der Waals surface area contributed by atoms with Crippen LogP contribution in [-0.4, -0.2) is 48.2 Å². The Hall–Kier alpha value is -1.09. The molecule has 1 aromatic rings. The summed E-state index contributed by atoms with van der Waals surface area (Å²) in [4.78, 5) is 1.27. The minimum absolute atomic E-state index is 0.368. The Morgan fingerprint density at radius 3 is 2.36 bits per heavy atom. The molecule has 5 nitrogen and oxygen atoms in total. The SMILES string of the molecule is CN1CCC([C@@](C)(F)S(=O)(=O)c2cn(C)nc2C(F)F)CC1. The number of hydrogen-bond acceptors (Lipinski definition) is 4. The van der Waals surface area contributed by atoms with Gasteiger partial charge in [-0.2, -0.15) is 5.10 Å². The summed E-state index contributed by atoms with van der Waals surface area (Å²) < 4.78 is 67.3. The molecule has 1 aromatic heterocycles. The Morgan fingerprint density at radius 2 is 1.86 bits per heavy atom. The van der Waals surface area contributed by atoms with Crippen LogP contribution in [-0.2, 0) is 16.9 Å². The van der Waals surface area contributed by atoms with Crippen LogP contribution in [0.15, 0.2) is 11.1 Å². The van der Waals surface area contributed by atoms with Gasteiger partial charge >= 0.3 is 0 Å². The lowest BCUT2D eigenvalue weighted by Gasteiger charge is -2.36. The van der Waals surface area contributed by atoms with Crippen molar-refractivity contribution in [1.82, 2.24) is 14.7 Å². The van der Waals surface area contributed by atoms with Crippen LogP contribution >= 0.6 is 0 Å². The monoisotopic (exact) mass is 339 g/mol. The van der Waals surface area contributed by atoms with E-state index in [-0.39, 0.29) is 0 Å². The molecule has 2 heterocycles. The Labute approximate surface area is 128 Å². The zero-order valence-corrected chi connectivity index (χ0v) is 13.6. The normalized spacial score (nSPS) is 21.2. The molecule has 1 saturated heterocycles. The van der Waals surface area contributed by atoms with Crippen LogP contribution in [0.2, 0.25) is 0 Å². The molecule has 22 heavy (non-hydrogen) atoms. The first-order valence-electron chi connectivity index (χ1n) is 7.01. The zero-order valence-electron chi connectivity index (χ0n) is 12.8. The van der Waals surface area contributed by atoms with Crippen LogP contribution in [0.1, 0.15) is 31.9 Å². The lowest BCUT2D eigenvalue weighted by atomic mass is 9.93. The van der Waals surface area contributed by atoms with E-state index in [9.17, 15) is 17.2 Å². The van der Waals surface area contributed by atoms with Gasteiger partial charge in [-0.1, -0.05) is 0 Å². The van der Waals surface area contributed by atoms with Gasteiger partial charge in [-0.25, -0.2) is 21.6 Å². The fourth-order valence-electron chi connectivity index (χ4n) is 2.80. The van der Waals surface area contributed by atoms with Crippen LogP contribution in [0.25, 0.3) is 0 Å². The summed E-state index contributed by atoms with van der Waals surface area (Å²) in [5, 5.41) is 0.863. The average molecular weight is 339 g/mol. The molecule has 0 bridgehead atoms. The molecule has 1 aliphatic heterocycles. The highest BCUT2D eigenvalue weighted by Crippen LogP contribution is 2.41. The molecule has 0 saturated carbocycles. The van der Waals surface area contributed by atoms with E-state index < -0.39 is 37.8 Å². The van der Waals surface area contributed by atoms with Gasteiger partial charge in [0.1, 0.15) is 10.6 Å². The van der Waals surface area contributed by atoms with Gasteiger partial charge in [-0.15, -0.1) is 0 Å². The molecule has 0 amide bonds. The molecule has 1 fully saturated rings. The van der Waals surface area contributed by atoms with Crippen molar-refractivity contribution < 1.29 is 21.6 Å². The van der Waals surface area contributed by atoms with E-state index in [2.05, 4.69) is 5.10 Å². The number of piperidine rings is 1. The van der Waals surface area contributed by atoms with Crippen LogP contribution < -0.4 is 0 Å². The molecule has 2 rings (SSSR count). The third kappa shape index (κ3) is 2.88. The lowest BCUT2D eigenvalue weighted by Crippen LogP contribution is -2.44. The summed E-state index contributed by atoms with van der Waals surface area (Å²) >= 11 is 0. The van der Waals surface area contributed by atoms with Crippen molar-refractivity contribution >= 4 is 9.84 Å². The summed E-state index contributed by atoms with van der Waals surface area (Å²) in [5.74, 6) is -0.723. The lowest BCUT2D eigenvalue weighted by molar-refractivity contribution is 0.115. The summed E-state index contributed by atoms with van der Waals surface area (Å²) in [6.45, 7) is 2.13. The minimum Gasteiger partial charge on any atom is -0.306 e. The summed E-state index contributed by atoms with van der Waals surface area (Å²) in [6, 6.07) is 0. The van der Waals surface area contributed by atoms with Crippen molar-refractivity contribution in [3.8, 4) is 0 Å². The van der Waals surface area contributed by atoms with Crippen molar-refractivity contribution in [1.29, 1.82) is 0 Å². The van der Waals surface area contributed by atoms with Crippen LogP contribution in [0.5, 0.6) is 0 Å². The van der Waals surface area contributed by atoms with E-state index in [1.54, 1.807) is 0 Å². The summed E-state index contributed by atoms with van der Waals surface area (Å²) in [5.41, 5.74) is -0.890. The highest BCUT2D eigenvalue weighted by Gasteiger charge is 2.50. The van der Waals surface area contributed by atoms with Gasteiger partial charge in [0.25, 0.3) is 6.43 Å². The number of hydrogen-bond donors (Lipinski definition) is 0. The highest BCUT2D eigenvalue weighted by molar-refractivity contribution is 7.92. The number of aryl methyl sites for hydroxylation is 1. The van der Waals surface area contributed by atoms with E-state index in [0.29, 0.717) is 25.9 Å². The second-order valence-corrected chi connectivity index (χ2v) is 8.16. The fraction of sp³-hybridized carbons (Fsp3) is 0.769. The second kappa shape index (κ2) is 5.84. The third-order valence-electron chi connectivity index (χ3n) is 4.29. The molecule has 0 radical (unpaired) electrons. The molecule has 9 heteroatoms. The van der Waals surface area contributed by atoms with Crippen molar-refractivity contribution in [3.63, 3.8) is 0 Å². The molecule has 0 aliphatic carbocycles. The van der Waals surface area contributed by atoms with Crippen molar-refractivity contribution in [2.75, 3.05) is 20.1 Å². The van der Waals surface area contributed by atoms with Crippen LogP contribution in [0.3, 0.4) is 0 Å². The maximum Gasteiger partial charge on any atom is 0.283 e. The number of sulfone groups is 1. The number of likely N-dealkylation sites (tertiary alicyclic amines) is 1. The van der Waals surface area contributed by atoms with Gasteiger partial charge in [-0.05, 0) is 39.9 Å². The van der Waals surface area contributed by atoms with E-state index in [1.165, 1.54) is 7.05 Å². The first-order valence-corrected chi connectivity index (χ1v) is 8.49. The first kappa shape index (κ1) is 17.3. The predicted octanol–water partition coefficient (Wildman–Crippen LogP) is 2.16. The van der Waals surface area contributed by atoms with Crippen LogP contribution in [0, 0.1) is 5.92 Å². The molecule has 0 unspecified atom stereocenters. The molecule has 0 aromatic carbocycles. The van der Waals surface area contributed by atoms with Gasteiger partial charge < -0.3 is 4.90 Å². The third-order valence-corrected chi connectivity index (χ3v) is 6.57. The molecule has 0 spiro atoms. The maximum atomic E-state index is 15.1. The van der Waals surface area contributed by atoms with Crippen molar-refractivity contribution in [2.24, 2.45) is 13.0 Å². The van der Waals surface area contributed by atoms with E-state index in [4.69, 9.17) is 0 Å².